The number of hydrogen-bond acceptors (Lipinski definition) is 3. The molecule has 1 fully saturated rings. The van der Waals surface area contributed by atoms with Crippen LogP contribution in [0.15, 0.2) is 11.6 Å². The number of carboxylic acids is 1. The van der Waals surface area contributed by atoms with Gasteiger partial charge in [0.1, 0.15) is 0 Å². The summed E-state index contributed by atoms with van der Waals surface area (Å²) < 4.78 is 0. The average molecular weight is 240 g/mol. The van der Waals surface area contributed by atoms with Gasteiger partial charge in [-0.25, -0.2) is 4.79 Å². The molecular weight excluding hydrogens is 216 g/mol. The van der Waals surface area contributed by atoms with Crippen molar-refractivity contribution < 1.29 is 9.90 Å². The molecule has 0 bridgehead atoms. The number of aliphatic carboxylic acids is 1. The smallest absolute Gasteiger partial charge is 0.328 e. The van der Waals surface area contributed by atoms with E-state index in [1.54, 1.807) is 0 Å². The molecule has 1 heterocycles. The first-order valence-corrected chi connectivity index (χ1v) is 6.48. The largest absolute Gasteiger partial charge is 0.478 e. The average Bonchev–Trinajstić information content (AvgIpc) is 2.28. The first-order valence-electron chi connectivity index (χ1n) is 6.48. The van der Waals surface area contributed by atoms with E-state index in [1.165, 1.54) is 18.9 Å². The standard InChI is InChI=1S/C13H24N2O2/c1-3-8-15(10-11(2)9-13(16)17)12-4-6-14-7-5-12/h9,12,14H,3-8,10H2,1-2H3,(H,16,17). The number of carbonyl (C=O) groups is 1. The van der Waals surface area contributed by atoms with E-state index in [4.69, 9.17) is 5.11 Å². The van der Waals surface area contributed by atoms with Gasteiger partial charge in [0.05, 0.1) is 0 Å². The molecule has 4 nitrogen and oxygen atoms in total. The van der Waals surface area contributed by atoms with Crippen LogP contribution in [0.4, 0.5) is 0 Å². The van der Waals surface area contributed by atoms with E-state index >= 15 is 0 Å². The van der Waals surface area contributed by atoms with Gasteiger partial charge in [-0.15, -0.1) is 0 Å². The van der Waals surface area contributed by atoms with E-state index < -0.39 is 5.97 Å². The van der Waals surface area contributed by atoms with Gasteiger partial charge >= 0.3 is 5.97 Å². The Balaban J connectivity index is 2.55. The van der Waals surface area contributed by atoms with Crippen molar-refractivity contribution >= 4 is 5.97 Å². The lowest BCUT2D eigenvalue weighted by Crippen LogP contribution is -2.44. The lowest BCUT2D eigenvalue weighted by molar-refractivity contribution is -0.131. The van der Waals surface area contributed by atoms with E-state index in [1.807, 2.05) is 6.92 Å². The Kier molecular flexibility index (Phi) is 6.22. The lowest BCUT2D eigenvalue weighted by Gasteiger charge is -2.34. The summed E-state index contributed by atoms with van der Waals surface area (Å²) in [6, 6.07) is 0.605. The zero-order valence-corrected chi connectivity index (χ0v) is 10.9. The Labute approximate surface area is 104 Å². The third-order valence-corrected chi connectivity index (χ3v) is 3.16. The Morgan fingerprint density at radius 1 is 1.47 bits per heavy atom. The molecule has 2 N–H and O–H groups in total. The highest BCUT2D eigenvalue weighted by molar-refractivity contribution is 5.80. The van der Waals surface area contributed by atoms with E-state index in [2.05, 4.69) is 17.1 Å². The fourth-order valence-electron chi connectivity index (χ4n) is 2.43. The molecular formula is C13H24N2O2. The fourth-order valence-corrected chi connectivity index (χ4v) is 2.43. The van der Waals surface area contributed by atoms with Gasteiger partial charge in [-0.2, -0.15) is 0 Å². The maximum Gasteiger partial charge on any atom is 0.328 e. The van der Waals surface area contributed by atoms with Crippen LogP contribution in [0.1, 0.15) is 33.1 Å². The number of nitrogens with one attached hydrogen (secondary N) is 1. The number of piperidine rings is 1. The van der Waals surface area contributed by atoms with E-state index in [9.17, 15) is 4.79 Å². The predicted molar refractivity (Wildman–Crippen MR) is 69.1 cm³/mol. The fraction of sp³-hybridized carbons (Fsp3) is 0.769. The number of rotatable bonds is 6. The van der Waals surface area contributed by atoms with Crippen molar-refractivity contribution in [1.29, 1.82) is 0 Å². The normalized spacial score (nSPS) is 18.6. The minimum Gasteiger partial charge on any atom is -0.478 e. The molecule has 98 valence electrons. The minimum absolute atomic E-state index is 0.605. The van der Waals surface area contributed by atoms with Gasteiger partial charge in [0.15, 0.2) is 0 Å². The molecule has 0 amide bonds. The summed E-state index contributed by atoms with van der Waals surface area (Å²) in [5.41, 5.74) is 0.935. The SMILES string of the molecule is CCCN(CC(C)=CC(=O)O)C1CCNCC1. The highest BCUT2D eigenvalue weighted by Crippen LogP contribution is 2.14. The second-order valence-electron chi connectivity index (χ2n) is 4.78. The molecule has 0 aliphatic carbocycles. The Bertz CT molecular complexity index is 271. The summed E-state index contributed by atoms with van der Waals surface area (Å²) in [7, 11) is 0. The third-order valence-electron chi connectivity index (χ3n) is 3.16. The van der Waals surface area contributed by atoms with Crippen molar-refractivity contribution in [2.75, 3.05) is 26.2 Å². The number of nitrogens with zero attached hydrogens (tertiary/aromatic N) is 1. The maximum absolute atomic E-state index is 10.6. The quantitative estimate of drug-likeness (QED) is 0.691. The van der Waals surface area contributed by atoms with Crippen LogP contribution in [0.5, 0.6) is 0 Å². The molecule has 0 aromatic rings. The molecule has 1 aliphatic heterocycles. The Morgan fingerprint density at radius 3 is 2.65 bits per heavy atom. The first kappa shape index (κ1) is 14.2. The van der Waals surface area contributed by atoms with E-state index in [-0.39, 0.29) is 0 Å². The molecule has 0 atom stereocenters. The summed E-state index contributed by atoms with van der Waals surface area (Å²) in [4.78, 5) is 13.0. The van der Waals surface area contributed by atoms with Gasteiger partial charge in [-0.05, 0) is 45.8 Å². The van der Waals surface area contributed by atoms with Crippen molar-refractivity contribution in [2.45, 2.75) is 39.2 Å². The zero-order valence-electron chi connectivity index (χ0n) is 10.9. The van der Waals surface area contributed by atoms with Gasteiger partial charge in [-0.1, -0.05) is 12.5 Å². The predicted octanol–water partition coefficient (Wildman–Crippen LogP) is 1.48. The van der Waals surface area contributed by atoms with Gasteiger partial charge < -0.3 is 10.4 Å². The van der Waals surface area contributed by atoms with Crippen molar-refractivity contribution in [3.63, 3.8) is 0 Å². The number of hydrogen-bond donors (Lipinski definition) is 2. The van der Waals surface area contributed by atoms with E-state index in [0.29, 0.717) is 6.04 Å². The molecule has 4 heteroatoms. The molecule has 0 saturated carbocycles. The van der Waals surface area contributed by atoms with Crippen molar-refractivity contribution in [1.82, 2.24) is 10.2 Å². The summed E-state index contributed by atoms with van der Waals surface area (Å²) in [5.74, 6) is -0.843. The van der Waals surface area contributed by atoms with Crippen LogP contribution in [0.3, 0.4) is 0 Å². The highest BCUT2D eigenvalue weighted by atomic mass is 16.4. The van der Waals surface area contributed by atoms with E-state index in [0.717, 1.165) is 38.2 Å². The molecule has 1 aliphatic rings. The van der Waals surface area contributed by atoms with Crippen LogP contribution in [0.2, 0.25) is 0 Å². The van der Waals surface area contributed by atoms with Crippen LogP contribution in [0, 0.1) is 0 Å². The summed E-state index contributed by atoms with van der Waals surface area (Å²) in [6.45, 7) is 8.06. The number of carboxylic acid groups (broad SMARTS) is 1. The molecule has 17 heavy (non-hydrogen) atoms. The molecule has 0 spiro atoms. The van der Waals surface area contributed by atoms with Crippen LogP contribution >= 0.6 is 0 Å². The van der Waals surface area contributed by atoms with Crippen molar-refractivity contribution in [3.05, 3.63) is 11.6 Å². The van der Waals surface area contributed by atoms with Crippen LogP contribution < -0.4 is 5.32 Å². The highest BCUT2D eigenvalue weighted by Gasteiger charge is 2.20. The lowest BCUT2D eigenvalue weighted by atomic mass is 10.0. The zero-order chi connectivity index (χ0) is 12.7. The Hall–Kier alpha value is -0.870. The second kappa shape index (κ2) is 7.45. The summed E-state index contributed by atoms with van der Waals surface area (Å²) in [6.07, 6.45) is 4.77. The summed E-state index contributed by atoms with van der Waals surface area (Å²) >= 11 is 0. The van der Waals surface area contributed by atoms with Gasteiger partial charge in [0, 0.05) is 18.7 Å². The summed E-state index contributed by atoms with van der Waals surface area (Å²) in [5, 5.41) is 12.1. The molecule has 1 rings (SSSR count). The second-order valence-corrected chi connectivity index (χ2v) is 4.78. The van der Waals surface area contributed by atoms with Gasteiger partial charge in [0.2, 0.25) is 0 Å². The Morgan fingerprint density at radius 2 is 2.12 bits per heavy atom. The molecule has 0 unspecified atom stereocenters. The van der Waals surface area contributed by atoms with Crippen molar-refractivity contribution in [2.24, 2.45) is 0 Å². The first-order chi connectivity index (χ1) is 8.13. The molecule has 0 aromatic heterocycles. The third kappa shape index (κ3) is 5.33. The van der Waals surface area contributed by atoms with Crippen LogP contribution in [0.25, 0.3) is 0 Å². The topological polar surface area (TPSA) is 52.6 Å². The van der Waals surface area contributed by atoms with Crippen molar-refractivity contribution in [3.8, 4) is 0 Å². The maximum atomic E-state index is 10.6. The monoisotopic (exact) mass is 240 g/mol. The van der Waals surface area contributed by atoms with Gasteiger partial charge in [0.25, 0.3) is 0 Å². The minimum atomic E-state index is -0.843. The van der Waals surface area contributed by atoms with Crippen LogP contribution in [-0.4, -0.2) is 48.2 Å². The molecule has 0 aromatic carbocycles. The molecule has 1 saturated heterocycles. The van der Waals surface area contributed by atoms with Gasteiger partial charge in [-0.3, -0.25) is 4.90 Å². The van der Waals surface area contributed by atoms with Crippen LogP contribution in [-0.2, 0) is 4.79 Å². The molecule has 0 radical (unpaired) electrons.